The van der Waals surface area contributed by atoms with Crippen molar-refractivity contribution in [3.05, 3.63) is 0 Å². The number of rotatable bonds is 8. The van der Waals surface area contributed by atoms with Crippen LogP contribution in [0, 0.1) is 0 Å². The first-order chi connectivity index (χ1) is 6.55. The molecular formula is C10H24NO2P. The van der Waals surface area contributed by atoms with Crippen molar-refractivity contribution in [3.8, 4) is 0 Å². The van der Waals surface area contributed by atoms with Gasteiger partial charge in [-0.15, -0.1) is 0 Å². The van der Waals surface area contributed by atoms with Gasteiger partial charge in [0.1, 0.15) is 0 Å². The third-order valence-corrected chi connectivity index (χ3v) is 3.86. The lowest BCUT2D eigenvalue weighted by Gasteiger charge is -2.22. The van der Waals surface area contributed by atoms with Gasteiger partial charge in [0.25, 0.3) is 0 Å². The minimum absolute atomic E-state index is 0.587. The molecule has 1 atom stereocenters. The predicted molar refractivity (Wildman–Crippen MR) is 62.2 cm³/mol. The van der Waals surface area contributed by atoms with E-state index in [0.717, 1.165) is 25.9 Å². The fourth-order valence-electron chi connectivity index (χ4n) is 1.23. The molecule has 0 heterocycles. The van der Waals surface area contributed by atoms with E-state index >= 15 is 0 Å². The summed E-state index contributed by atoms with van der Waals surface area (Å²) in [6.07, 6.45) is 2.67. The number of hydrogen-bond acceptors (Lipinski definition) is 3. The molecule has 0 fully saturated rings. The Balaban J connectivity index is 3.86. The molecule has 0 aromatic rings. The molecule has 86 valence electrons. The monoisotopic (exact) mass is 221 g/mol. The van der Waals surface area contributed by atoms with Crippen LogP contribution in [-0.2, 0) is 9.09 Å². The second-order valence-electron chi connectivity index (χ2n) is 3.65. The molecule has 0 saturated carbocycles. The van der Waals surface area contributed by atoms with Gasteiger partial charge in [-0.1, -0.05) is 27.2 Å². The van der Waals surface area contributed by atoms with Gasteiger partial charge in [0.2, 0.25) is 7.37 Å². The van der Waals surface area contributed by atoms with Crippen LogP contribution in [0.25, 0.3) is 0 Å². The molecule has 3 nitrogen and oxygen atoms in total. The van der Waals surface area contributed by atoms with E-state index in [1.165, 1.54) is 0 Å². The molecule has 0 amide bonds. The Bertz CT molecular complexity index is 181. The Morgan fingerprint density at radius 3 is 2.21 bits per heavy atom. The first-order valence-corrected chi connectivity index (χ1v) is 7.74. The highest BCUT2D eigenvalue weighted by atomic mass is 31.2. The molecule has 0 rings (SSSR count). The molecule has 0 spiro atoms. The van der Waals surface area contributed by atoms with Gasteiger partial charge in [-0.3, -0.25) is 9.46 Å². The summed E-state index contributed by atoms with van der Waals surface area (Å²) in [7, 11) is -2.39. The molecular weight excluding hydrogens is 197 g/mol. The highest BCUT2D eigenvalue weighted by Crippen LogP contribution is 2.43. The van der Waals surface area contributed by atoms with Crippen molar-refractivity contribution >= 4 is 7.37 Å². The molecule has 0 bridgehead atoms. The van der Waals surface area contributed by atoms with Crippen LogP contribution in [0.1, 0.15) is 33.6 Å². The Morgan fingerprint density at radius 2 is 1.79 bits per heavy atom. The largest absolute Gasteiger partial charge is 0.328 e. The van der Waals surface area contributed by atoms with Crippen molar-refractivity contribution in [2.45, 2.75) is 33.6 Å². The molecule has 0 aliphatic carbocycles. The Hall–Kier alpha value is 0.150. The lowest BCUT2D eigenvalue weighted by atomic mass is 10.4. The van der Waals surface area contributed by atoms with Gasteiger partial charge in [-0.2, -0.15) is 0 Å². The van der Waals surface area contributed by atoms with Crippen molar-refractivity contribution in [3.63, 3.8) is 0 Å². The number of unbranched alkanes of at least 4 members (excludes halogenated alkanes) is 1. The highest BCUT2D eigenvalue weighted by Gasteiger charge is 2.18. The van der Waals surface area contributed by atoms with E-state index in [1.807, 2.05) is 0 Å². The zero-order chi connectivity index (χ0) is 11.0. The summed E-state index contributed by atoms with van der Waals surface area (Å²) in [5, 5.41) is 0. The molecule has 14 heavy (non-hydrogen) atoms. The van der Waals surface area contributed by atoms with Crippen LogP contribution in [0.5, 0.6) is 0 Å². The van der Waals surface area contributed by atoms with Gasteiger partial charge >= 0.3 is 0 Å². The molecule has 0 aromatic carbocycles. The molecule has 0 aliphatic rings. The van der Waals surface area contributed by atoms with Crippen LogP contribution in [0.4, 0.5) is 0 Å². The Morgan fingerprint density at radius 1 is 1.21 bits per heavy atom. The maximum atomic E-state index is 12.0. The third-order valence-electron chi connectivity index (χ3n) is 2.21. The van der Waals surface area contributed by atoms with E-state index in [9.17, 15) is 4.57 Å². The van der Waals surface area contributed by atoms with E-state index in [4.69, 9.17) is 4.52 Å². The lowest BCUT2D eigenvalue weighted by molar-refractivity contribution is 0.279. The van der Waals surface area contributed by atoms with Crippen molar-refractivity contribution < 1.29 is 9.09 Å². The summed E-state index contributed by atoms with van der Waals surface area (Å²) in [5.41, 5.74) is 0. The molecule has 0 saturated heterocycles. The van der Waals surface area contributed by atoms with E-state index in [1.54, 1.807) is 6.66 Å². The molecule has 0 N–H and O–H groups in total. The van der Waals surface area contributed by atoms with Gasteiger partial charge in [-0.05, 0) is 19.5 Å². The Kier molecular flexibility index (Phi) is 7.52. The summed E-state index contributed by atoms with van der Waals surface area (Å²) in [5.74, 6) is 0. The summed E-state index contributed by atoms with van der Waals surface area (Å²) in [4.78, 5) is 2.15. The van der Waals surface area contributed by atoms with Gasteiger partial charge < -0.3 is 4.52 Å². The number of nitrogens with zero attached hydrogens (tertiary/aromatic N) is 1. The zero-order valence-corrected chi connectivity index (χ0v) is 10.8. The molecule has 4 heteroatoms. The second kappa shape index (κ2) is 7.44. The average molecular weight is 221 g/mol. The van der Waals surface area contributed by atoms with Crippen molar-refractivity contribution in [2.24, 2.45) is 0 Å². The van der Waals surface area contributed by atoms with Gasteiger partial charge in [0.15, 0.2) is 0 Å². The second-order valence-corrected chi connectivity index (χ2v) is 6.21. The first kappa shape index (κ1) is 14.2. The average Bonchev–Trinajstić information content (AvgIpc) is 2.14. The van der Waals surface area contributed by atoms with E-state index in [0.29, 0.717) is 12.9 Å². The topological polar surface area (TPSA) is 29.5 Å². The zero-order valence-electron chi connectivity index (χ0n) is 9.95. The van der Waals surface area contributed by atoms with Crippen molar-refractivity contribution in [1.29, 1.82) is 0 Å². The smallest absolute Gasteiger partial charge is 0.213 e. The maximum absolute atomic E-state index is 12.0. The minimum Gasteiger partial charge on any atom is -0.328 e. The first-order valence-electron chi connectivity index (χ1n) is 5.49. The van der Waals surface area contributed by atoms with Crippen LogP contribution in [0.15, 0.2) is 0 Å². The highest BCUT2D eigenvalue weighted by molar-refractivity contribution is 7.58. The minimum atomic E-state index is -2.39. The molecule has 0 radical (unpaired) electrons. The summed E-state index contributed by atoms with van der Waals surface area (Å²) in [6.45, 7) is 10.5. The van der Waals surface area contributed by atoms with Crippen LogP contribution in [0.2, 0.25) is 0 Å². The van der Waals surface area contributed by atoms with Crippen LogP contribution in [0.3, 0.4) is 0 Å². The third kappa shape index (κ3) is 6.58. The molecule has 1 unspecified atom stereocenters. The normalized spacial score (nSPS) is 15.8. The molecule has 0 aromatic heterocycles. The lowest BCUT2D eigenvalue weighted by Crippen LogP contribution is -2.24. The fraction of sp³-hybridized carbons (Fsp3) is 1.00. The van der Waals surface area contributed by atoms with Crippen LogP contribution < -0.4 is 0 Å². The Labute approximate surface area is 88.3 Å². The standard InChI is InChI=1S/C10H24NO2P/c1-5-8-9-13-14(4,12)10-11(6-2)7-3/h5-10H2,1-4H3. The van der Waals surface area contributed by atoms with E-state index in [-0.39, 0.29) is 0 Å². The van der Waals surface area contributed by atoms with Crippen LogP contribution in [-0.4, -0.2) is 37.5 Å². The molecule has 0 aliphatic heterocycles. The quantitative estimate of drug-likeness (QED) is 0.466. The van der Waals surface area contributed by atoms with E-state index < -0.39 is 7.37 Å². The summed E-state index contributed by atoms with van der Waals surface area (Å²) in [6, 6.07) is 0. The SMILES string of the molecule is CCCCOP(C)(=O)CN(CC)CC. The number of hydrogen-bond donors (Lipinski definition) is 0. The van der Waals surface area contributed by atoms with Gasteiger partial charge in [-0.25, -0.2) is 0 Å². The maximum Gasteiger partial charge on any atom is 0.213 e. The summed E-state index contributed by atoms with van der Waals surface area (Å²) < 4.78 is 17.4. The van der Waals surface area contributed by atoms with Crippen molar-refractivity contribution in [1.82, 2.24) is 4.90 Å². The van der Waals surface area contributed by atoms with Crippen molar-refractivity contribution in [2.75, 3.05) is 32.6 Å². The fourth-order valence-corrected chi connectivity index (χ4v) is 2.95. The van der Waals surface area contributed by atoms with Gasteiger partial charge in [0.05, 0.1) is 12.9 Å². The predicted octanol–water partition coefficient (Wildman–Crippen LogP) is 3.01. The van der Waals surface area contributed by atoms with E-state index in [2.05, 4.69) is 25.7 Å². The van der Waals surface area contributed by atoms with Crippen LogP contribution >= 0.6 is 7.37 Å². The van der Waals surface area contributed by atoms with Gasteiger partial charge in [0, 0.05) is 6.66 Å². The summed E-state index contributed by atoms with van der Waals surface area (Å²) >= 11 is 0.